The van der Waals surface area contributed by atoms with Gasteiger partial charge in [-0.2, -0.15) is 0 Å². The van der Waals surface area contributed by atoms with Gasteiger partial charge >= 0.3 is 12.1 Å². The lowest BCUT2D eigenvalue weighted by Gasteiger charge is -2.14. The molecule has 0 spiro atoms. The van der Waals surface area contributed by atoms with Crippen molar-refractivity contribution < 1.29 is 28.6 Å². The van der Waals surface area contributed by atoms with Gasteiger partial charge in [-0.25, -0.2) is 9.59 Å². The Hall–Kier alpha value is -4.14. The molecule has 3 aromatic rings. The number of carboxylic acid groups (broad SMARTS) is 1. The number of rotatable bonds is 12. The predicted octanol–water partition coefficient (Wildman–Crippen LogP) is 4.48. The number of amides is 2. The van der Waals surface area contributed by atoms with Crippen LogP contribution in [0.15, 0.2) is 63.8 Å². The number of unbranched alkanes of at least 4 members (excludes halogenated alkanes) is 2. The number of aliphatic carboxylic acids is 1. The highest BCUT2D eigenvalue weighted by molar-refractivity contribution is 5.83. The number of carboxylic acids is 1. The number of nitrogens with one attached hydrogen (secondary N) is 2. The fraction of sp³-hybridized carbons (Fsp3) is 0.333. The van der Waals surface area contributed by atoms with Crippen molar-refractivity contribution in [2.75, 3.05) is 6.54 Å². The van der Waals surface area contributed by atoms with Crippen molar-refractivity contribution in [1.82, 2.24) is 10.6 Å². The first kappa shape index (κ1) is 26.5. The molecule has 1 atom stereocenters. The third kappa shape index (κ3) is 7.69. The largest absolute Gasteiger partial charge is 0.480 e. The topological polar surface area (TPSA) is 135 Å². The second-order valence-corrected chi connectivity index (χ2v) is 8.37. The van der Waals surface area contributed by atoms with Crippen molar-refractivity contribution in [2.45, 2.75) is 51.5 Å². The molecular formula is C27H30N2O7. The van der Waals surface area contributed by atoms with Crippen molar-refractivity contribution in [3.63, 3.8) is 0 Å². The third-order valence-electron chi connectivity index (χ3n) is 5.56. The van der Waals surface area contributed by atoms with Gasteiger partial charge in [0.15, 0.2) is 5.43 Å². The number of hydrogen-bond acceptors (Lipinski definition) is 6. The standard InChI is InChI=1S/C27H30N2O7/c1-2-3-12-25(31)28-15-8-7-11-21(26(32)33)29-27(34)35-19-13-14-23-20(16-19)22(30)17-24(36-23)18-9-5-4-6-10-18/h4-6,9-10,13-14,16-17,21H,2-3,7-8,11-12,15H2,1H3,(H,28,31)(H,29,34)(H,32,33). The van der Waals surface area contributed by atoms with E-state index in [0.29, 0.717) is 37.2 Å². The zero-order chi connectivity index (χ0) is 25.9. The van der Waals surface area contributed by atoms with E-state index in [-0.39, 0.29) is 28.9 Å². The molecule has 2 aromatic carbocycles. The van der Waals surface area contributed by atoms with Crippen LogP contribution in [0.1, 0.15) is 45.4 Å². The van der Waals surface area contributed by atoms with Crippen LogP contribution in [0.5, 0.6) is 5.75 Å². The molecule has 0 bridgehead atoms. The van der Waals surface area contributed by atoms with Gasteiger partial charge in [0.2, 0.25) is 5.91 Å². The van der Waals surface area contributed by atoms with Gasteiger partial charge in [-0.05, 0) is 43.9 Å². The highest BCUT2D eigenvalue weighted by Gasteiger charge is 2.21. The molecule has 1 unspecified atom stereocenters. The summed E-state index contributed by atoms with van der Waals surface area (Å²) in [6.45, 7) is 2.46. The van der Waals surface area contributed by atoms with E-state index in [1.54, 1.807) is 0 Å². The molecule has 0 fully saturated rings. The van der Waals surface area contributed by atoms with Crippen molar-refractivity contribution >= 4 is 28.9 Å². The fourth-order valence-corrected chi connectivity index (χ4v) is 3.61. The van der Waals surface area contributed by atoms with E-state index in [0.717, 1.165) is 18.4 Å². The summed E-state index contributed by atoms with van der Waals surface area (Å²) >= 11 is 0. The van der Waals surface area contributed by atoms with Crippen LogP contribution in [-0.2, 0) is 9.59 Å². The highest BCUT2D eigenvalue weighted by Crippen LogP contribution is 2.24. The monoisotopic (exact) mass is 494 g/mol. The summed E-state index contributed by atoms with van der Waals surface area (Å²) in [6.07, 6.45) is 2.56. The van der Waals surface area contributed by atoms with Gasteiger partial charge in [0.1, 0.15) is 23.1 Å². The lowest BCUT2D eigenvalue weighted by Crippen LogP contribution is -2.42. The molecule has 1 heterocycles. The minimum atomic E-state index is -1.19. The molecule has 0 saturated heterocycles. The van der Waals surface area contributed by atoms with E-state index in [4.69, 9.17) is 9.15 Å². The van der Waals surface area contributed by atoms with Crippen LogP contribution in [0.3, 0.4) is 0 Å². The molecule has 0 radical (unpaired) electrons. The Kier molecular flexibility index (Phi) is 9.62. The van der Waals surface area contributed by atoms with E-state index < -0.39 is 18.1 Å². The van der Waals surface area contributed by atoms with Crippen molar-refractivity contribution in [1.29, 1.82) is 0 Å². The fourth-order valence-electron chi connectivity index (χ4n) is 3.61. The molecule has 2 amide bonds. The maximum atomic E-state index is 12.6. The zero-order valence-electron chi connectivity index (χ0n) is 20.1. The molecule has 0 aliphatic carbocycles. The van der Waals surface area contributed by atoms with Gasteiger partial charge < -0.3 is 24.9 Å². The van der Waals surface area contributed by atoms with E-state index in [1.807, 2.05) is 37.3 Å². The van der Waals surface area contributed by atoms with Crippen LogP contribution in [0, 0.1) is 0 Å². The molecule has 0 aliphatic heterocycles. The molecule has 1 aromatic heterocycles. The predicted molar refractivity (Wildman–Crippen MR) is 135 cm³/mol. The lowest BCUT2D eigenvalue weighted by molar-refractivity contribution is -0.139. The van der Waals surface area contributed by atoms with E-state index in [2.05, 4.69) is 10.6 Å². The average molecular weight is 495 g/mol. The maximum absolute atomic E-state index is 12.6. The molecule has 36 heavy (non-hydrogen) atoms. The number of hydrogen-bond donors (Lipinski definition) is 3. The van der Waals surface area contributed by atoms with Crippen molar-refractivity contribution in [2.24, 2.45) is 0 Å². The second-order valence-electron chi connectivity index (χ2n) is 8.37. The smallest absolute Gasteiger partial charge is 0.413 e. The second kappa shape index (κ2) is 13.1. The van der Waals surface area contributed by atoms with E-state index >= 15 is 0 Å². The number of benzene rings is 2. The summed E-state index contributed by atoms with van der Waals surface area (Å²) in [4.78, 5) is 48.1. The van der Waals surface area contributed by atoms with E-state index in [9.17, 15) is 24.3 Å². The van der Waals surface area contributed by atoms with Gasteiger partial charge in [-0.1, -0.05) is 43.7 Å². The van der Waals surface area contributed by atoms with Crippen LogP contribution in [-0.4, -0.2) is 35.7 Å². The van der Waals surface area contributed by atoms with Crippen molar-refractivity contribution in [3.05, 3.63) is 64.8 Å². The summed E-state index contributed by atoms with van der Waals surface area (Å²) in [5, 5.41) is 14.8. The average Bonchev–Trinajstić information content (AvgIpc) is 2.87. The highest BCUT2D eigenvalue weighted by atomic mass is 16.6. The number of ether oxygens (including phenoxy) is 1. The Labute approximate surface area is 208 Å². The molecular weight excluding hydrogens is 464 g/mol. The minimum absolute atomic E-state index is 0.0194. The SMILES string of the molecule is CCCCC(=O)NCCCCC(NC(=O)Oc1ccc2oc(-c3ccccc3)cc(=O)c2c1)C(=O)O. The van der Waals surface area contributed by atoms with Crippen molar-refractivity contribution in [3.8, 4) is 17.1 Å². The summed E-state index contributed by atoms with van der Waals surface area (Å²) in [5.41, 5.74) is 0.792. The number of fused-ring (bicyclic) bond motifs is 1. The normalized spacial score (nSPS) is 11.6. The Morgan fingerprint density at radius 3 is 2.53 bits per heavy atom. The Morgan fingerprint density at radius 2 is 1.81 bits per heavy atom. The first-order valence-electron chi connectivity index (χ1n) is 12.0. The molecule has 9 heteroatoms. The van der Waals surface area contributed by atoms with Gasteiger partial charge in [0.25, 0.3) is 0 Å². The van der Waals surface area contributed by atoms with Crippen LogP contribution >= 0.6 is 0 Å². The van der Waals surface area contributed by atoms with Crippen LogP contribution in [0.4, 0.5) is 4.79 Å². The zero-order valence-corrected chi connectivity index (χ0v) is 20.1. The summed E-state index contributed by atoms with van der Waals surface area (Å²) in [6, 6.07) is 13.8. The molecule has 3 rings (SSSR count). The minimum Gasteiger partial charge on any atom is -0.480 e. The number of carbonyl (C=O) groups excluding carboxylic acids is 2. The Bertz CT molecular complexity index is 1250. The summed E-state index contributed by atoms with van der Waals surface area (Å²) in [7, 11) is 0. The molecule has 9 nitrogen and oxygen atoms in total. The third-order valence-corrected chi connectivity index (χ3v) is 5.56. The lowest BCUT2D eigenvalue weighted by atomic mass is 10.1. The number of carbonyl (C=O) groups is 3. The van der Waals surface area contributed by atoms with E-state index in [1.165, 1.54) is 24.3 Å². The molecule has 0 aliphatic rings. The first-order chi connectivity index (χ1) is 17.4. The van der Waals surface area contributed by atoms with Gasteiger partial charge in [-0.3, -0.25) is 9.59 Å². The summed E-state index contributed by atoms with van der Waals surface area (Å²) in [5.74, 6) is -0.705. The molecule has 190 valence electrons. The maximum Gasteiger partial charge on any atom is 0.413 e. The molecule has 0 saturated carbocycles. The Balaban J connectivity index is 1.55. The Morgan fingerprint density at radius 1 is 1.03 bits per heavy atom. The molecule has 3 N–H and O–H groups in total. The van der Waals surface area contributed by atoms with Gasteiger partial charge in [0, 0.05) is 24.6 Å². The van der Waals surface area contributed by atoms with Gasteiger partial charge in [0.05, 0.1) is 5.39 Å². The first-order valence-corrected chi connectivity index (χ1v) is 12.0. The van der Waals surface area contributed by atoms with Gasteiger partial charge in [-0.15, -0.1) is 0 Å². The quantitative estimate of drug-likeness (QED) is 0.316. The van der Waals surface area contributed by atoms with Crippen LogP contribution in [0.25, 0.3) is 22.3 Å². The van der Waals surface area contributed by atoms with Crippen LogP contribution in [0.2, 0.25) is 0 Å². The van der Waals surface area contributed by atoms with Crippen LogP contribution < -0.4 is 20.8 Å². The summed E-state index contributed by atoms with van der Waals surface area (Å²) < 4.78 is 11.0.